The van der Waals surface area contributed by atoms with E-state index in [4.69, 9.17) is 0 Å². The maximum atomic E-state index is 3.77. The first-order valence-corrected chi connectivity index (χ1v) is 6.57. The van der Waals surface area contributed by atoms with Crippen LogP contribution in [-0.4, -0.2) is 0 Å². The summed E-state index contributed by atoms with van der Waals surface area (Å²) in [4.78, 5) is 0. The predicted molar refractivity (Wildman–Crippen MR) is 81.0 cm³/mol. The van der Waals surface area contributed by atoms with Gasteiger partial charge < -0.3 is 0 Å². The first-order valence-electron chi connectivity index (χ1n) is 6.57. The van der Waals surface area contributed by atoms with Gasteiger partial charge >= 0.3 is 0 Å². The summed E-state index contributed by atoms with van der Waals surface area (Å²) < 4.78 is 0. The summed E-state index contributed by atoms with van der Waals surface area (Å²) in [6, 6.07) is 13.5. The standard InChI is InChI=1S/C18H20/c1-3-5-7-15-9-11-18-14-16(8-6-4-2)10-12-17(18)13-15/h3-4,9-14H,1-2,5-8H2. The number of hydrogen-bond acceptors (Lipinski definition) is 0. The van der Waals surface area contributed by atoms with Gasteiger partial charge in [-0.1, -0.05) is 48.6 Å². The first kappa shape index (κ1) is 12.6. The Morgan fingerprint density at radius 2 is 1.17 bits per heavy atom. The second-order valence-corrected chi connectivity index (χ2v) is 4.67. The van der Waals surface area contributed by atoms with Crippen molar-refractivity contribution in [1.29, 1.82) is 0 Å². The summed E-state index contributed by atoms with van der Waals surface area (Å²) in [6.45, 7) is 7.54. The number of allylic oxidation sites excluding steroid dienone is 2. The van der Waals surface area contributed by atoms with Crippen molar-refractivity contribution < 1.29 is 0 Å². The van der Waals surface area contributed by atoms with Crippen LogP contribution in [0.3, 0.4) is 0 Å². The number of benzene rings is 2. The van der Waals surface area contributed by atoms with E-state index in [1.165, 1.54) is 21.9 Å². The lowest BCUT2D eigenvalue weighted by Crippen LogP contribution is -1.86. The maximum absolute atomic E-state index is 3.77. The van der Waals surface area contributed by atoms with E-state index >= 15 is 0 Å². The Labute approximate surface area is 110 Å². The second kappa shape index (κ2) is 6.20. The van der Waals surface area contributed by atoms with Gasteiger partial charge in [-0.25, -0.2) is 0 Å². The normalized spacial score (nSPS) is 10.4. The van der Waals surface area contributed by atoms with Crippen molar-refractivity contribution in [2.45, 2.75) is 25.7 Å². The van der Waals surface area contributed by atoms with E-state index in [1.807, 2.05) is 12.2 Å². The van der Waals surface area contributed by atoms with Gasteiger partial charge in [0, 0.05) is 0 Å². The summed E-state index contributed by atoms with van der Waals surface area (Å²) in [5.41, 5.74) is 2.78. The largest absolute Gasteiger partial charge is 0.103 e. The Morgan fingerprint density at radius 1 is 0.722 bits per heavy atom. The molecule has 0 amide bonds. The molecule has 0 fully saturated rings. The van der Waals surface area contributed by atoms with E-state index in [-0.39, 0.29) is 0 Å². The molecule has 0 saturated carbocycles. The van der Waals surface area contributed by atoms with Gasteiger partial charge in [0.05, 0.1) is 0 Å². The Balaban J connectivity index is 2.24. The molecule has 18 heavy (non-hydrogen) atoms. The molecule has 92 valence electrons. The molecular formula is C18H20. The summed E-state index contributed by atoms with van der Waals surface area (Å²) in [6.07, 6.45) is 8.20. The lowest BCUT2D eigenvalue weighted by Gasteiger charge is -2.05. The quantitative estimate of drug-likeness (QED) is 0.614. The minimum atomic E-state index is 1.04. The SMILES string of the molecule is C=CCCc1ccc2cc(CCC=C)ccc2c1. The van der Waals surface area contributed by atoms with E-state index < -0.39 is 0 Å². The molecule has 0 aliphatic heterocycles. The van der Waals surface area contributed by atoms with Crippen molar-refractivity contribution in [3.63, 3.8) is 0 Å². The smallest absolute Gasteiger partial charge is 0.0181 e. The molecule has 0 unspecified atom stereocenters. The fourth-order valence-corrected chi connectivity index (χ4v) is 2.19. The highest BCUT2D eigenvalue weighted by atomic mass is 14.0. The predicted octanol–water partition coefficient (Wildman–Crippen LogP) is 5.08. The molecule has 0 heteroatoms. The van der Waals surface area contributed by atoms with Crippen LogP contribution in [0.2, 0.25) is 0 Å². The number of aryl methyl sites for hydroxylation is 2. The van der Waals surface area contributed by atoms with E-state index in [0.29, 0.717) is 0 Å². The molecular weight excluding hydrogens is 216 g/mol. The van der Waals surface area contributed by atoms with Crippen LogP contribution < -0.4 is 0 Å². The zero-order chi connectivity index (χ0) is 12.8. The van der Waals surface area contributed by atoms with E-state index in [1.54, 1.807) is 0 Å². The van der Waals surface area contributed by atoms with Gasteiger partial charge in [0.2, 0.25) is 0 Å². The summed E-state index contributed by atoms with van der Waals surface area (Å²) >= 11 is 0. The molecule has 0 saturated heterocycles. The fraction of sp³-hybridized carbons (Fsp3) is 0.222. The average Bonchev–Trinajstić information content (AvgIpc) is 2.42. The van der Waals surface area contributed by atoms with Gasteiger partial charge in [0.25, 0.3) is 0 Å². The van der Waals surface area contributed by atoms with Crippen molar-refractivity contribution in [3.8, 4) is 0 Å². The van der Waals surface area contributed by atoms with Crippen LogP contribution in [-0.2, 0) is 12.8 Å². The zero-order valence-electron chi connectivity index (χ0n) is 10.9. The number of hydrogen-bond donors (Lipinski definition) is 0. The van der Waals surface area contributed by atoms with Crippen molar-refractivity contribution in [1.82, 2.24) is 0 Å². The molecule has 0 spiro atoms. The van der Waals surface area contributed by atoms with Crippen molar-refractivity contribution in [3.05, 3.63) is 72.8 Å². The van der Waals surface area contributed by atoms with Gasteiger partial charge in [0.1, 0.15) is 0 Å². The topological polar surface area (TPSA) is 0 Å². The number of fused-ring (bicyclic) bond motifs is 1. The molecule has 0 nitrogen and oxygen atoms in total. The highest BCUT2D eigenvalue weighted by Gasteiger charge is 1.98. The van der Waals surface area contributed by atoms with Crippen LogP contribution in [0.4, 0.5) is 0 Å². The second-order valence-electron chi connectivity index (χ2n) is 4.67. The third kappa shape index (κ3) is 3.10. The van der Waals surface area contributed by atoms with Crippen LogP contribution in [0.5, 0.6) is 0 Å². The van der Waals surface area contributed by atoms with Gasteiger partial charge in [-0.3, -0.25) is 0 Å². The molecule has 0 aliphatic carbocycles. The van der Waals surface area contributed by atoms with Gasteiger partial charge in [-0.15, -0.1) is 13.2 Å². The van der Waals surface area contributed by atoms with Gasteiger partial charge in [-0.2, -0.15) is 0 Å². The lowest BCUT2D eigenvalue weighted by molar-refractivity contribution is 1.00. The minimum Gasteiger partial charge on any atom is -0.103 e. The third-order valence-electron chi connectivity index (χ3n) is 3.24. The molecule has 0 radical (unpaired) electrons. The highest BCUT2D eigenvalue weighted by Crippen LogP contribution is 2.19. The van der Waals surface area contributed by atoms with Crippen LogP contribution >= 0.6 is 0 Å². The van der Waals surface area contributed by atoms with Gasteiger partial charge in [-0.05, 0) is 47.6 Å². The monoisotopic (exact) mass is 236 g/mol. The summed E-state index contributed by atoms with van der Waals surface area (Å²) in [7, 11) is 0. The Hall–Kier alpha value is -1.82. The molecule has 0 heterocycles. The molecule has 0 bridgehead atoms. The molecule has 0 N–H and O–H groups in total. The Morgan fingerprint density at radius 3 is 1.56 bits per heavy atom. The molecule has 0 aliphatic rings. The van der Waals surface area contributed by atoms with E-state index in [9.17, 15) is 0 Å². The zero-order valence-corrected chi connectivity index (χ0v) is 10.9. The maximum Gasteiger partial charge on any atom is -0.0181 e. The minimum absolute atomic E-state index is 1.04. The Kier molecular flexibility index (Phi) is 4.35. The summed E-state index contributed by atoms with van der Waals surface area (Å²) in [5, 5.41) is 2.66. The van der Waals surface area contributed by atoms with Crippen LogP contribution in [0, 0.1) is 0 Å². The number of rotatable bonds is 6. The van der Waals surface area contributed by atoms with Crippen LogP contribution in [0.15, 0.2) is 61.7 Å². The van der Waals surface area contributed by atoms with Crippen LogP contribution in [0.25, 0.3) is 10.8 Å². The lowest BCUT2D eigenvalue weighted by atomic mass is 10.0. The average molecular weight is 236 g/mol. The van der Waals surface area contributed by atoms with Crippen molar-refractivity contribution in [2.75, 3.05) is 0 Å². The Bertz CT molecular complexity index is 498. The van der Waals surface area contributed by atoms with Gasteiger partial charge in [0.15, 0.2) is 0 Å². The van der Waals surface area contributed by atoms with E-state index in [0.717, 1.165) is 25.7 Å². The molecule has 0 atom stereocenters. The highest BCUT2D eigenvalue weighted by molar-refractivity contribution is 5.83. The van der Waals surface area contributed by atoms with Crippen molar-refractivity contribution >= 4 is 10.8 Å². The third-order valence-corrected chi connectivity index (χ3v) is 3.24. The molecule has 2 aromatic carbocycles. The first-order chi connectivity index (χ1) is 8.83. The molecule has 2 aromatic rings. The molecule has 2 rings (SSSR count). The molecule has 0 aromatic heterocycles. The van der Waals surface area contributed by atoms with E-state index in [2.05, 4.69) is 49.6 Å². The van der Waals surface area contributed by atoms with Crippen molar-refractivity contribution in [2.24, 2.45) is 0 Å². The fourth-order valence-electron chi connectivity index (χ4n) is 2.19. The van der Waals surface area contributed by atoms with Crippen LogP contribution in [0.1, 0.15) is 24.0 Å². The summed E-state index contributed by atoms with van der Waals surface area (Å²) in [5.74, 6) is 0.